The van der Waals surface area contributed by atoms with Crippen molar-refractivity contribution in [3.8, 4) is 11.5 Å². The molecule has 21 heavy (non-hydrogen) atoms. The summed E-state index contributed by atoms with van der Waals surface area (Å²) in [6, 6.07) is 14.0. The van der Waals surface area contributed by atoms with Crippen molar-refractivity contribution in [3.05, 3.63) is 59.2 Å². The second kappa shape index (κ2) is 5.08. The Morgan fingerprint density at radius 2 is 1.95 bits per heavy atom. The second-order valence-electron chi connectivity index (χ2n) is 5.72. The molecule has 2 aliphatic rings. The van der Waals surface area contributed by atoms with Crippen LogP contribution >= 0.6 is 0 Å². The highest BCUT2D eigenvalue weighted by Crippen LogP contribution is 2.41. The smallest absolute Gasteiger partial charge is 0.123 e. The molecule has 2 aliphatic heterocycles. The van der Waals surface area contributed by atoms with E-state index in [1.54, 1.807) is 0 Å². The number of ether oxygens (including phenoxy) is 2. The minimum absolute atomic E-state index is 0.00348. The number of para-hydroxylation sites is 1. The predicted molar refractivity (Wildman–Crippen MR) is 79.9 cm³/mol. The molecule has 2 aromatic rings. The Labute approximate surface area is 124 Å². The Bertz CT molecular complexity index is 665. The lowest BCUT2D eigenvalue weighted by Crippen LogP contribution is -2.14. The highest BCUT2D eigenvalue weighted by molar-refractivity contribution is 5.44. The van der Waals surface area contributed by atoms with E-state index >= 15 is 0 Å². The van der Waals surface area contributed by atoms with Gasteiger partial charge in [-0.3, -0.25) is 0 Å². The summed E-state index contributed by atoms with van der Waals surface area (Å²) in [7, 11) is 0. The van der Waals surface area contributed by atoms with Crippen LogP contribution in [-0.4, -0.2) is 18.3 Å². The minimum atomic E-state index is -0.541. The fourth-order valence-electron chi connectivity index (χ4n) is 3.25. The molecule has 0 spiro atoms. The third-order valence-electron chi connectivity index (χ3n) is 4.39. The average Bonchev–Trinajstić information content (AvgIpc) is 2.98. The van der Waals surface area contributed by atoms with Crippen LogP contribution in [0.3, 0.4) is 0 Å². The number of hydrogen-bond donors (Lipinski definition) is 1. The van der Waals surface area contributed by atoms with Crippen LogP contribution in [0.2, 0.25) is 0 Å². The zero-order chi connectivity index (χ0) is 14.2. The number of aryl methyl sites for hydroxylation is 1. The molecule has 2 atom stereocenters. The Hall–Kier alpha value is -2.00. The van der Waals surface area contributed by atoms with Crippen LogP contribution in [-0.2, 0) is 6.42 Å². The summed E-state index contributed by atoms with van der Waals surface area (Å²) in [5.74, 6) is 1.85. The highest BCUT2D eigenvalue weighted by Gasteiger charge is 2.31. The molecule has 108 valence electrons. The van der Waals surface area contributed by atoms with Gasteiger partial charge >= 0.3 is 0 Å². The van der Waals surface area contributed by atoms with Crippen molar-refractivity contribution in [3.63, 3.8) is 0 Å². The third kappa shape index (κ3) is 2.18. The molecule has 0 bridgehead atoms. The van der Waals surface area contributed by atoms with Crippen molar-refractivity contribution < 1.29 is 14.6 Å². The second-order valence-corrected chi connectivity index (χ2v) is 5.72. The van der Waals surface area contributed by atoms with E-state index in [-0.39, 0.29) is 5.92 Å². The molecule has 3 nitrogen and oxygen atoms in total. The molecular formula is C18H18O3. The van der Waals surface area contributed by atoms with E-state index in [4.69, 9.17) is 9.47 Å². The van der Waals surface area contributed by atoms with Gasteiger partial charge in [-0.25, -0.2) is 0 Å². The number of aliphatic hydroxyl groups is 1. The largest absolute Gasteiger partial charge is 0.493 e. The molecule has 2 aromatic carbocycles. The molecule has 1 N–H and O–H groups in total. The maximum Gasteiger partial charge on any atom is 0.123 e. The molecule has 0 saturated heterocycles. The molecule has 0 fully saturated rings. The van der Waals surface area contributed by atoms with Gasteiger partial charge in [-0.1, -0.05) is 24.3 Å². The normalized spacial score (nSPS) is 20.9. The summed E-state index contributed by atoms with van der Waals surface area (Å²) < 4.78 is 11.3. The molecule has 0 saturated carbocycles. The summed E-state index contributed by atoms with van der Waals surface area (Å²) >= 11 is 0. The Kier molecular flexibility index (Phi) is 3.08. The van der Waals surface area contributed by atoms with E-state index in [9.17, 15) is 5.11 Å². The highest BCUT2D eigenvalue weighted by atomic mass is 16.5. The topological polar surface area (TPSA) is 38.7 Å². The van der Waals surface area contributed by atoms with Crippen molar-refractivity contribution in [1.82, 2.24) is 0 Å². The summed E-state index contributed by atoms with van der Waals surface area (Å²) in [6.07, 6.45) is 1.52. The van der Waals surface area contributed by atoms with Crippen molar-refractivity contribution in [2.24, 2.45) is 0 Å². The zero-order valence-corrected chi connectivity index (χ0v) is 11.8. The summed E-state index contributed by atoms with van der Waals surface area (Å²) in [5.41, 5.74) is 3.24. The Morgan fingerprint density at radius 1 is 1.05 bits per heavy atom. The molecule has 3 heteroatoms. The minimum Gasteiger partial charge on any atom is -0.493 e. The summed E-state index contributed by atoms with van der Waals surface area (Å²) in [4.78, 5) is 0. The van der Waals surface area contributed by atoms with Crippen LogP contribution in [0.25, 0.3) is 0 Å². The van der Waals surface area contributed by atoms with Gasteiger partial charge < -0.3 is 14.6 Å². The maximum atomic E-state index is 10.7. The van der Waals surface area contributed by atoms with Crippen molar-refractivity contribution in [2.45, 2.75) is 24.9 Å². The first-order valence-corrected chi connectivity index (χ1v) is 7.48. The van der Waals surface area contributed by atoms with E-state index in [0.29, 0.717) is 6.61 Å². The number of aliphatic hydroxyl groups excluding tert-OH is 1. The van der Waals surface area contributed by atoms with E-state index in [2.05, 4.69) is 6.07 Å². The van der Waals surface area contributed by atoms with Gasteiger partial charge in [0.15, 0.2) is 0 Å². The number of hydrogen-bond acceptors (Lipinski definition) is 3. The molecule has 0 aliphatic carbocycles. The van der Waals surface area contributed by atoms with E-state index in [0.717, 1.165) is 42.1 Å². The van der Waals surface area contributed by atoms with E-state index in [1.807, 2.05) is 36.4 Å². The van der Waals surface area contributed by atoms with Gasteiger partial charge in [-0.2, -0.15) is 0 Å². The molecule has 0 radical (unpaired) electrons. The fourth-order valence-corrected chi connectivity index (χ4v) is 3.25. The monoisotopic (exact) mass is 282 g/mol. The first kappa shape index (κ1) is 12.7. The van der Waals surface area contributed by atoms with Gasteiger partial charge in [0.2, 0.25) is 0 Å². The van der Waals surface area contributed by atoms with E-state index < -0.39 is 6.10 Å². The summed E-state index contributed by atoms with van der Waals surface area (Å²) in [5, 5.41) is 10.7. The van der Waals surface area contributed by atoms with Crippen molar-refractivity contribution in [2.75, 3.05) is 13.2 Å². The first-order chi connectivity index (χ1) is 10.3. The molecule has 2 heterocycles. The summed E-state index contributed by atoms with van der Waals surface area (Å²) in [6.45, 7) is 1.33. The van der Waals surface area contributed by atoms with Crippen LogP contribution < -0.4 is 9.47 Å². The van der Waals surface area contributed by atoms with Crippen LogP contribution in [0.1, 0.15) is 35.1 Å². The van der Waals surface area contributed by atoms with Crippen LogP contribution in [0, 0.1) is 0 Å². The number of fused-ring (bicyclic) bond motifs is 2. The Morgan fingerprint density at radius 3 is 2.90 bits per heavy atom. The quantitative estimate of drug-likeness (QED) is 0.919. The zero-order valence-electron chi connectivity index (χ0n) is 11.8. The van der Waals surface area contributed by atoms with Crippen molar-refractivity contribution in [1.29, 1.82) is 0 Å². The van der Waals surface area contributed by atoms with Gasteiger partial charge in [0.1, 0.15) is 11.5 Å². The van der Waals surface area contributed by atoms with Crippen molar-refractivity contribution >= 4 is 0 Å². The van der Waals surface area contributed by atoms with E-state index in [1.165, 1.54) is 5.56 Å². The van der Waals surface area contributed by atoms with Crippen LogP contribution in [0.15, 0.2) is 42.5 Å². The molecule has 0 amide bonds. The lowest BCUT2D eigenvalue weighted by Gasteiger charge is -2.22. The maximum absolute atomic E-state index is 10.7. The molecule has 2 unspecified atom stereocenters. The third-order valence-corrected chi connectivity index (χ3v) is 4.39. The van der Waals surface area contributed by atoms with Gasteiger partial charge in [-0.05, 0) is 42.2 Å². The van der Waals surface area contributed by atoms with Gasteiger partial charge in [0.25, 0.3) is 0 Å². The first-order valence-electron chi connectivity index (χ1n) is 7.48. The molecule has 4 rings (SSSR count). The molecule has 0 aromatic heterocycles. The Balaban J connectivity index is 1.65. The van der Waals surface area contributed by atoms with Crippen LogP contribution in [0.5, 0.6) is 11.5 Å². The predicted octanol–water partition coefficient (Wildman–Crippen LogP) is 3.22. The SMILES string of the molecule is OC(c1ccc2c(c1)CCCO2)C1COc2ccccc21. The lowest BCUT2D eigenvalue weighted by molar-refractivity contribution is 0.130. The fraction of sp³-hybridized carbons (Fsp3) is 0.333. The number of rotatable bonds is 2. The standard InChI is InChI=1S/C18H18O3/c19-18(15-11-21-17-6-2-1-5-14(15)17)13-7-8-16-12(10-13)4-3-9-20-16/h1-2,5-8,10,15,18-19H,3-4,9,11H2. The number of benzene rings is 2. The molecular weight excluding hydrogens is 264 g/mol. The average molecular weight is 282 g/mol. The van der Waals surface area contributed by atoms with Gasteiger partial charge in [-0.15, -0.1) is 0 Å². The van der Waals surface area contributed by atoms with Gasteiger partial charge in [0, 0.05) is 5.56 Å². The van der Waals surface area contributed by atoms with Gasteiger partial charge in [0.05, 0.1) is 25.2 Å². The van der Waals surface area contributed by atoms with Crippen LogP contribution in [0.4, 0.5) is 0 Å². The lowest BCUT2D eigenvalue weighted by atomic mass is 9.89.